The minimum atomic E-state index is -0.296. The van der Waals surface area contributed by atoms with Crippen molar-refractivity contribution >= 4 is 34.9 Å². The Morgan fingerprint density at radius 2 is 1.83 bits per heavy atom. The van der Waals surface area contributed by atoms with Crippen molar-refractivity contribution in [3.8, 4) is 0 Å². The van der Waals surface area contributed by atoms with E-state index in [2.05, 4.69) is 25.6 Å². The van der Waals surface area contributed by atoms with Crippen LogP contribution in [0.3, 0.4) is 0 Å². The number of hydrogen-bond acceptors (Lipinski definition) is 6. The Bertz CT molecular complexity index is 898. The molecule has 8 nitrogen and oxygen atoms in total. The summed E-state index contributed by atoms with van der Waals surface area (Å²) in [7, 11) is 0. The average molecular weight is 434 g/mol. The fraction of sp³-hybridized carbons (Fsp3) is 0.476. The van der Waals surface area contributed by atoms with Gasteiger partial charge in [-0.05, 0) is 44.9 Å². The van der Waals surface area contributed by atoms with Crippen LogP contribution in [-0.4, -0.2) is 65.5 Å². The van der Waals surface area contributed by atoms with Gasteiger partial charge in [-0.1, -0.05) is 22.8 Å². The highest BCUT2D eigenvalue weighted by molar-refractivity contribution is 6.34. The van der Waals surface area contributed by atoms with E-state index in [4.69, 9.17) is 16.1 Å². The van der Waals surface area contributed by atoms with Gasteiger partial charge in [0.25, 0.3) is 0 Å². The molecular formula is C21H28ClN5O3. The van der Waals surface area contributed by atoms with Crippen LogP contribution >= 0.6 is 11.6 Å². The van der Waals surface area contributed by atoms with E-state index in [0.29, 0.717) is 48.5 Å². The Balaban J connectivity index is 1.48. The predicted octanol–water partition coefficient (Wildman–Crippen LogP) is 2.84. The van der Waals surface area contributed by atoms with Crippen LogP contribution in [0.15, 0.2) is 22.7 Å². The summed E-state index contributed by atoms with van der Waals surface area (Å²) in [6.07, 6.45) is 0. The number of carbonyl (C=O) groups excluding carboxylic acids is 2. The predicted molar refractivity (Wildman–Crippen MR) is 117 cm³/mol. The van der Waals surface area contributed by atoms with Crippen LogP contribution in [0, 0.1) is 20.8 Å². The number of nitrogens with zero attached hydrogens (tertiary/aromatic N) is 3. The Hall–Kier alpha value is -2.42. The van der Waals surface area contributed by atoms with E-state index in [1.807, 2.05) is 32.9 Å². The first-order valence-corrected chi connectivity index (χ1v) is 10.4. The van der Waals surface area contributed by atoms with Crippen molar-refractivity contribution in [3.63, 3.8) is 0 Å². The summed E-state index contributed by atoms with van der Waals surface area (Å²) in [6.45, 7) is 10.6. The molecule has 1 aliphatic heterocycles. The number of halogens is 1. The fourth-order valence-electron chi connectivity index (χ4n) is 3.59. The number of aryl methyl sites for hydroxylation is 3. The second-order valence-electron chi connectivity index (χ2n) is 7.79. The molecule has 0 bridgehead atoms. The van der Waals surface area contributed by atoms with Crippen LogP contribution in [-0.2, 0) is 9.59 Å². The molecule has 0 aliphatic carbocycles. The van der Waals surface area contributed by atoms with Gasteiger partial charge >= 0.3 is 0 Å². The third kappa shape index (κ3) is 5.59. The fourth-order valence-corrected chi connectivity index (χ4v) is 3.96. The average Bonchev–Trinajstić information content (AvgIpc) is 3.09. The quantitative estimate of drug-likeness (QED) is 0.728. The SMILES string of the molecule is Cc1cc(C)c(NC(=O)C(C)N2CCN(CC(=O)Nc3cc(C)on3)CC2)c(Cl)c1. The molecule has 0 spiro atoms. The van der Waals surface area contributed by atoms with E-state index in [9.17, 15) is 9.59 Å². The summed E-state index contributed by atoms with van der Waals surface area (Å²) in [5, 5.41) is 10.0. The molecule has 0 radical (unpaired) electrons. The first-order chi connectivity index (χ1) is 14.2. The van der Waals surface area contributed by atoms with Crippen molar-refractivity contribution in [1.82, 2.24) is 15.0 Å². The topological polar surface area (TPSA) is 90.7 Å². The normalized spacial score (nSPS) is 16.3. The summed E-state index contributed by atoms with van der Waals surface area (Å²) in [5.41, 5.74) is 2.67. The zero-order valence-electron chi connectivity index (χ0n) is 17.8. The monoisotopic (exact) mass is 433 g/mol. The first-order valence-electron chi connectivity index (χ1n) is 10.00. The molecule has 30 heavy (non-hydrogen) atoms. The van der Waals surface area contributed by atoms with Crippen LogP contribution in [0.4, 0.5) is 11.5 Å². The summed E-state index contributed by atoms with van der Waals surface area (Å²) in [4.78, 5) is 29.1. The molecule has 1 aromatic carbocycles. The van der Waals surface area contributed by atoms with E-state index in [-0.39, 0.29) is 24.4 Å². The van der Waals surface area contributed by atoms with Crippen LogP contribution in [0.1, 0.15) is 23.8 Å². The van der Waals surface area contributed by atoms with Gasteiger partial charge in [0.05, 0.1) is 23.3 Å². The van der Waals surface area contributed by atoms with Gasteiger partial charge in [0.15, 0.2) is 5.82 Å². The van der Waals surface area contributed by atoms with Gasteiger partial charge in [-0.2, -0.15) is 0 Å². The standard InChI is InChI=1S/C21H28ClN5O3/c1-13-9-14(2)20(17(22)10-13)24-21(29)16(4)27-7-5-26(6-8-27)12-19(28)23-18-11-15(3)30-25-18/h9-11,16H,5-8,12H2,1-4H3,(H,24,29)(H,23,25,28). The third-order valence-electron chi connectivity index (χ3n) is 5.28. The summed E-state index contributed by atoms with van der Waals surface area (Å²) in [5.74, 6) is 0.850. The van der Waals surface area contributed by atoms with Crippen molar-refractivity contribution < 1.29 is 14.1 Å². The molecule has 2 aromatic rings. The van der Waals surface area contributed by atoms with Crippen molar-refractivity contribution in [1.29, 1.82) is 0 Å². The van der Waals surface area contributed by atoms with Gasteiger partial charge in [-0.25, -0.2) is 0 Å². The molecule has 162 valence electrons. The number of benzene rings is 1. The molecule has 1 atom stereocenters. The largest absolute Gasteiger partial charge is 0.360 e. The Kier molecular flexibility index (Phi) is 7.12. The maximum Gasteiger partial charge on any atom is 0.241 e. The lowest BCUT2D eigenvalue weighted by atomic mass is 10.1. The summed E-state index contributed by atoms with van der Waals surface area (Å²) >= 11 is 6.31. The van der Waals surface area contributed by atoms with Crippen molar-refractivity contribution in [2.24, 2.45) is 0 Å². The lowest BCUT2D eigenvalue weighted by Gasteiger charge is -2.37. The van der Waals surface area contributed by atoms with Crippen LogP contribution in [0.25, 0.3) is 0 Å². The van der Waals surface area contributed by atoms with E-state index in [1.54, 1.807) is 13.0 Å². The van der Waals surface area contributed by atoms with E-state index >= 15 is 0 Å². The number of rotatable bonds is 6. The first kappa shape index (κ1) is 22.3. The van der Waals surface area contributed by atoms with Gasteiger partial charge in [-0.15, -0.1) is 0 Å². The maximum absolute atomic E-state index is 12.8. The third-order valence-corrected chi connectivity index (χ3v) is 5.57. The number of carbonyl (C=O) groups is 2. The zero-order chi connectivity index (χ0) is 21.8. The van der Waals surface area contributed by atoms with Crippen LogP contribution in [0.2, 0.25) is 5.02 Å². The van der Waals surface area contributed by atoms with Crippen molar-refractivity contribution in [3.05, 3.63) is 40.1 Å². The minimum absolute atomic E-state index is 0.0866. The lowest BCUT2D eigenvalue weighted by molar-refractivity contribution is -0.122. The molecule has 1 fully saturated rings. The molecule has 1 saturated heterocycles. The molecule has 3 rings (SSSR count). The minimum Gasteiger partial charge on any atom is -0.360 e. The highest BCUT2D eigenvalue weighted by atomic mass is 35.5. The van der Waals surface area contributed by atoms with Gasteiger partial charge in [-0.3, -0.25) is 19.4 Å². The van der Waals surface area contributed by atoms with Gasteiger partial charge in [0.2, 0.25) is 11.8 Å². The number of hydrogen-bond donors (Lipinski definition) is 2. The van der Waals surface area contributed by atoms with Gasteiger partial charge in [0.1, 0.15) is 5.76 Å². The lowest BCUT2D eigenvalue weighted by Crippen LogP contribution is -2.53. The molecule has 0 saturated carbocycles. The number of aromatic nitrogens is 1. The molecule has 1 aromatic heterocycles. The van der Waals surface area contributed by atoms with Crippen molar-refractivity contribution in [2.45, 2.75) is 33.7 Å². The molecule has 2 heterocycles. The number of nitrogens with one attached hydrogen (secondary N) is 2. The Morgan fingerprint density at radius 3 is 2.43 bits per heavy atom. The molecule has 9 heteroatoms. The molecular weight excluding hydrogens is 406 g/mol. The summed E-state index contributed by atoms with van der Waals surface area (Å²) in [6, 6.07) is 5.23. The highest BCUT2D eigenvalue weighted by Crippen LogP contribution is 2.27. The maximum atomic E-state index is 12.8. The van der Waals surface area contributed by atoms with Crippen LogP contribution in [0.5, 0.6) is 0 Å². The van der Waals surface area contributed by atoms with Crippen molar-refractivity contribution in [2.75, 3.05) is 43.4 Å². The molecule has 2 amide bonds. The van der Waals surface area contributed by atoms with E-state index < -0.39 is 0 Å². The molecule has 2 N–H and O–H groups in total. The van der Waals surface area contributed by atoms with Gasteiger partial charge < -0.3 is 15.2 Å². The zero-order valence-corrected chi connectivity index (χ0v) is 18.5. The van der Waals surface area contributed by atoms with E-state index in [1.165, 1.54) is 0 Å². The van der Waals surface area contributed by atoms with E-state index in [0.717, 1.165) is 11.1 Å². The Labute approximate surface area is 181 Å². The second-order valence-corrected chi connectivity index (χ2v) is 8.19. The molecule has 1 aliphatic rings. The number of anilines is 2. The molecule has 1 unspecified atom stereocenters. The van der Waals surface area contributed by atoms with Crippen LogP contribution < -0.4 is 10.6 Å². The second kappa shape index (κ2) is 9.59. The Morgan fingerprint density at radius 1 is 1.13 bits per heavy atom. The summed E-state index contributed by atoms with van der Waals surface area (Å²) < 4.78 is 4.95. The highest BCUT2D eigenvalue weighted by Gasteiger charge is 2.27. The smallest absolute Gasteiger partial charge is 0.241 e. The van der Waals surface area contributed by atoms with Gasteiger partial charge in [0, 0.05) is 32.2 Å². The number of piperazine rings is 1. The number of amides is 2.